The molecular weight excluding hydrogens is 304 g/mol. The zero-order valence-corrected chi connectivity index (χ0v) is 10.3. The van der Waals surface area contributed by atoms with Crippen molar-refractivity contribution >= 4 is 43.2 Å². The zero-order valence-electron chi connectivity index (χ0n) is 6.27. The molecule has 1 N–H and O–H groups in total. The Bertz CT molecular complexity index is 296. The highest BCUT2D eigenvalue weighted by molar-refractivity contribution is 9.13. The molecule has 0 saturated heterocycles. The van der Waals surface area contributed by atoms with Gasteiger partial charge in [-0.15, -0.1) is 11.3 Å². The smallest absolute Gasteiger partial charge is 0.130 e. The third kappa shape index (κ3) is 2.07. The normalized spacial score (nSPS) is 12.5. The van der Waals surface area contributed by atoms with Crippen molar-refractivity contribution in [1.29, 1.82) is 5.26 Å². The molecule has 0 aliphatic rings. The summed E-state index contributed by atoms with van der Waals surface area (Å²) in [5.41, 5.74) is 0. The molecule has 0 aliphatic carbocycles. The van der Waals surface area contributed by atoms with Gasteiger partial charge in [0.1, 0.15) is 6.04 Å². The van der Waals surface area contributed by atoms with Gasteiger partial charge >= 0.3 is 0 Å². The lowest BCUT2D eigenvalue weighted by Crippen LogP contribution is -2.12. The lowest BCUT2D eigenvalue weighted by molar-refractivity contribution is 0.739. The first-order valence-electron chi connectivity index (χ1n) is 3.20. The number of nitrogens with zero attached hydrogens (tertiary/aromatic N) is 1. The maximum absolute atomic E-state index is 8.74. The van der Waals surface area contributed by atoms with Gasteiger partial charge in [0, 0.05) is 9.35 Å². The monoisotopic (exact) mass is 308 g/mol. The van der Waals surface area contributed by atoms with Crippen LogP contribution in [0.4, 0.5) is 0 Å². The molecule has 0 spiro atoms. The van der Waals surface area contributed by atoms with Crippen molar-refractivity contribution in [2.24, 2.45) is 0 Å². The van der Waals surface area contributed by atoms with Gasteiger partial charge in [0.2, 0.25) is 0 Å². The molecule has 1 aromatic rings. The molecule has 1 aromatic heterocycles. The number of thiophene rings is 1. The van der Waals surface area contributed by atoms with Crippen LogP contribution >= 0.6 is 43.2 Å². The highest BCUT2D eigenvalue weighted by Gasteiger charge is 2.12. The molecule has 0 amide bonds. The van der Waals surface area contributed by atoms with Gasteiger partial charge in [0.05, 0.1) is 9.86 Å². The summed E-state index contributed by atoms with van der Waals surface area (Å²) in [6, 6.07) is 3.90. The molecule has 1 heterocycles. The van der Waals surface area contributed by atoms with Crippen molar-refractivity contribution in [3.05, 3.63) is 19.2 Å². The van der Waals surface area contributed by atoms with Crippen LogP contribution in [0.3, 0.4) is 0 Å². The minimum absolute atomic E-state index is 0.211. The number of nitriles is 1. The number of nitrogens with one attached hydrogen (secondary N) is 1. The van der Waals surface area contributed by atoms with Gasteiger partial charge in [-0.1, -0.05) is 0 Å². The third-order valence-corrected chi connectivity index (χ3v) is 4.69. The van der Waals surface area contributed by atoms with E-state index in [1.807, 2.05) is 6.07 Å². The van der Waals surface area contributed by atoms with Gasteiger partial charge in [-0.05, 0) is 45.0 Å². The van der Waals surface area contributed by atoms with Crippen LogP contribution in [0.25, 0.3) is 0 Å². The molecule has 1 unspecified atom stereocenters. The lowest BCUT2D eigenvalue weighted by atomic mass is 10.3. The standard InChI is InChI=1S/C7H6Br2N2S/c1-11-5(3-10)6-2-4(8)7(9)12-6/h2,5,11H,1H3. The Morgan fingerprint density at radius 2 is 2.33 bits per heavy atom. The highest BCUT2D eigenvalue weighted by Crippen LogP contribution is 2.35. The van der Waals surface area contributed by atoms with Gasteiger partial charge in [-0.2, -0.15) is 5.26 Å². The molecule has 0 aliphatic heterocycles. The minimum atomic E-state index is -0.211. The van der Waals surface area contributed by atoms with Gasteiger partial charge in [0.15, 0.2) is 0 Å². The van der Waals surface area contributed by atoms with Crippen molar-refractivity contribution in [2.75, 3.05) is 7.05 Å². The first-order chi connectivity index (χ1) is 5.69. The van der Waals surface area contributed by atoms with Crippen LogP contribution in [-0.2, 0) is 0 Å². The average Bonchev–Trinajstić information content (AvgIpc) is 2.35. The summed E-state index contributed by atoms with van der Waals surface area (Å²) in [6.07, 6.45) is 0. The predicted octanol–water partition coefficient (Wildman–Crippen LogP) is 3.06. The van der Waals surface area contributed by atoms with Gasteiger partial charge in [0.25, 0.3) is 0 Å². The summed E-state index contributed by atoms with van der Waals surface area (Å²) in [5.74, 6) is 0. The molecule has 5 heteroatoms. The SMILES string of the molecule is CNC(C#N)c1cc(Br)c(Br)s1. The number of rotatable bonds is 2. The van der Waals surface area contributed by atoms with Crippen LogP contribution in [-0.4, -0.2) is 7.05 Å². The maximum Gasteiger partial charge on any atom is 0.130 e. The Morgan fingerprint density at radius 1 is 1.67 bits per heavy atom. The lowest BCUT2D eigenvalue weighted by Gasteiger charge is -2.01. The van der Waals surface area contributed by atoms with E-state index in [0.717, 1.165) is 13.1 Å². The van der Waals surface area contributed by atoms with Gasteiger partial charge in [-0.25, -0.2) is 0 Å². The Morgan fingerprint density at radius 3 is 2.67 bits per heavy atom. The van der Waals surface area contributed by atoms with Crippen molar-refractivity contribution in [1.82, 2.24) is 5.32 Å². The van der Waals surface area contributed by atoms with E-state index in [2.05, 4.69) is 43.2 Å². The van der Waals surface area contributed by atoms with E-state index >= 15 is 0 Å². The van der Waals surface area contributed by atoms with Crippen LogP contribution in [0.15, 0.2) is 14.3 Å². The Labute approximate surface area is 91.8 Å². The van der Waals surface area contributed by atoms with E-state index < -0.39 is 0 Å². The largest absolute Gasteiger partial charge is 0.301 e. The van der Waals surface area contributed by atoms with E-state index in [1.54, 1.807) is 18.4 Å². The van der Waals surface area contributed by atoms with Gasteiger partial charge < -0.3 is 5.32 Å². The first-order valence-corrected chi connectivity index (χ1v) is 5.61. The van der Waals surface area contributed by atoms with Crippen molar-refractivity contribution in [2.45, 2.75) is 6.04 Å². The van der Waals surface area contributed by atoms with Crippen LogP contribution < -0.4 is 5.32 Å². The molecule has 2 nitrogen and oxygen atoms in total. The van der Waals surface area contributed by atoms with Crippen LogP contribution in [0, 0.1) is 11.3 Å². The molecule has 12 heavy (non-hydrogen) atoms. The van der Waals surface area contributed by atoms with Gasteiger partial charge in [-0.3, -0.25) is 0 Å². The van der Waals surface area contributed by atoms with E-state index in [-0.39, 0.29) is 6.04 Å². The number of hydrogen-bond donors (Lipinski definition) is 1. The summed E-state index contributed by atoms with van der Waals surface area (Å²) in [6.45, 7) is 0. The van der Waals surface area contributed by atoms with E-state index in [0.29, 0.717) is 0 Å². The highest BCUT2D eigenvalue weighted by atomic mass is 79.9. The second-order valence-electron chi connectivity index (χ2n) is 2.12. The molecule has 1 rings (SSSR count). The Hall–Kier alpha value is 0.110. The molecular formula is C7H6Br2N2S. The number of halogens is 2. The Kier molecular flexibility index (Phi) is 3.72. The minimum Gasteiger partial charge on any atom is -0.301 e. The zero-order chi connectivity index (χ0) is 9.14. The summed E-state index contributed by atoms with van der Waals surface area (Å²) in [5, 5.41) is 11.7. The van der Waals surface area contributed by atoms with E-state index in [9.17, 15) is 0 Å². The quantitative estimate of drug-likeness (QED) is 0.911. The molecule has 0 bridgehead atoms. The van der Waals surface area contributed by atoms with Crippen molar-refractivity contribution in [3.8, 4) is 6.07 Å². The third-order valence-electron chi connectivity index (χ3n) is 1.37. The number of hydrogen-bond acceptors (Lipinski definition) is 3. The molecule has 1 atom stereocenters. The van der Waals surface area contributed by atoms with Crippen LogP contribution in [0.2, 0.25) is 0 Å². The fourth-order valence-corrected chi connectivity index (χ4v) is 2.92. The fourth-order valence-electron chi connectivity index (χ4n) is 0.776. The molecule has 0 radical (unpaired) electrons. The fraction of sp³-hybridized carbons (Fsp3) is 0.286. The van der Waals surface area contributed by atoms with Crippen molar-refractivity contribution < 1.29 is 0 Å². The topological polar surface area (TPSA) is 35.8 Å². The second kappa shape index (κ2) is 4.38. The summed E-state index contributed by atoms with van der Waals surface area (Å²) in [4.78, 5) is 1.01. The summed E-state index contributed by atoms with van der Waals surface area (Å²) >= 11 is 8.30. The molecule has 64 valence electrons. The van der Waals surface area contributed by atoms with Crippen LogP contribution in [0.1, 0.15) is 10.9 Å². The predicted molar refractivity (Wildman–Crippen MR) is 57.1 cm³/mol. The average molecular weight is 310 g/mol. The maximum atomic E-state index is 8.74. The van der Waals surface area contributed by atoms with Crippen LogP contribution in [0.5, 0.6) is 0 Å². The van der Waals surface area contributed by atoms with Crippen molar-refractivity contribution in [3.63, 3.8) is 0 Å². The molecule has 0 fully saturated rings. The molecule has 0 aromatic carbocycles. The van der Waals surface area contributed by atoms with E-state index in [1.165, 1.54) is 0 Å². The second-order valence-corrected chi connectivity index (χ2v) is 5.38. The first kappa shape index (κ1) is 10.2. The molecule has 0 saturated carbocycles. The summed E-state index contributed by atoms with van der Waals surface area (Å²) in [7, 11) is 1.77. The summed E-state index contributed by atoms with van der Waals surface area (Å²) < 4.78 is 2.02. The van der Waals surface area contributed by atoms with E-state index in [4.69, 9.17) is 5.26 Å². The Balaban J connectivity index is 2.96.